The zero-order chi connectivity index (χ0) is 17.2. The summed E-state index contributed by atoms with van der Waals surface area (Å²) in [6.07, 6.45) is 2.60. The molecule has 0 fully saturated rings. The highest BCUT2D eigenvalue weighted by Gasteiger charge is 2.17. The zero-order valence-corrected chi connectivity index (χ0v) is 14.5. The molecule has 2 aromatic carbocycles. The highest BCUT2D eigenvalue weighted by atomic mass is 16.5. The van der Waals surface area contributed by atoms with E-state index in [9.17, 15) is 0 Å². The van der Waals surface area contributed by atoms with E-state index < -0.39 is 0 Å². The summed E-state index contributed by atoms with van der Waals surface area (Å²) in [6.45, 7) is 7.00. The molecule has 0 heterocycles. The minimum Gasteiger partial charge on any atom is -0.497 e. The van der Waals surface area contributed by atoms with Crippen molar-refractivity contribution in [3.63, 3.8) is 0 Å². The molecule has 0 aliphatic heterocycles. The van der Waals surface area contributed by atoms with Crippen molar-refractivity contribution >= 4 is 0 Å². The Hall–Kier alpha value is -2.10. The van der Waals surface area contributed by atoms with Crippen LogP contribution in [-0.4, -0.2) is 19.3 Å². The van der Waals surface area contributed by atoms with E-state index in [4.69, 9.17) is 14.2 Å². The van der Waals surface area contributed by atoms with Gasteiger partial charge in [-0.2, -0.15) is 0 Å². The molecule has 0 aliphatic carbocycles. The Morgan fingerprint density at radius 3 is 2.17 bits per heavy atom. The van der Waals surface area contributed by atoms with E-state index in [0.717, 1.165) is 23.3 Å². The van der Waals surface area contributed by atoms with Gasteiger partial charge < -0.3 is 14.2 Å². The quantitative estimate of drug-likeness (QED) is 0.589. The van der Waals surface area contributed by atoms with Gasteiger partial charge in [0.15, 0.2) is 0 Å². The Kier molecular flexibility index (Phi) is 7.53. The zero-order valence-electron chi connectivity index (χ0n) is 14.5. The average molecular weight is 326 g/mol. The number of hydrogen-bond acceptors (Lipinski definition) is 3. The van der Waals surface area contributed by atoms with Crippen LogP contribution in [0.4, 0.5) is 0 Å². The fraction of sp³-hybridized carbons (Fsp3) is 0.333. The van der Waals surface area contributed by atoms with Gasteiger partial charge in [0.1, 0.15) is 5.75 Å². The number of hydrogen-bond donors (Lipinski definition) is 0. The van der Waals surface area contributed by atoms with E-state index in [1.807, 2.05) is 55.5 Å². The smallest absolute Gasteiger partial charge is 0.118 e. The normalized spacial score (nSPS) is 13.2. The molecular formula is C21H26O3. The highest BCUT2D eigenvalue weighted by Crippen LogP contribution is 2.16. The van der Waals surface area contributed by atoms with E-state index >= 15 is 0 Å². The van der Waals surface area contributed by atoms with Crippen LogP contribution in [0.2, 0.25) is 0 Å². The molecule has 0 bridgehead atoms. The summed E-state index contributed by atoms with van der Waals surface area (Å²) in [5, 5.41) is 0. The van der Waals surface area contributed by atoms with Gasteiger partial charge in [-0.25, -0.2) is 0 Å². The minimum absolute atomic E-state index is 0.0125. The lowest BCUT2D eigenvalue weighted by atomic mass is 10.1. The first-order valence-electron chi connectivity index (χ1n) is 8.24. The lowest BCUT2D eigenvalue weighted by molar-refractivity contribution is -0.0756. The second-order valence-corrected chi connectivity index (χ2v) is 5.72. The van der Waals surface area contributed by atoms with Crippen LogP contribution in [0.5, 0.6) is 5.75 Å². The van der Waals surface area contributed by atoms with E-state index in [0.29, 0.717) is 13.2 Å². The van der Waals surface area contributed by atoms with Gasteiger partial charge in [-0.15, -0.1) is 6.58 Å². The van der Waals surface area contributed by atoms with E-state index in [2.05, 4.69) is 18.7 Å². The first-order chi connectivity index (χ1) is 11.7. The standard InChI is InChI=1S/C21H26O3/c1-4-8-21(17(2)23-15-18-9-6-5-7-10-18)24-16-19-11-13-20(22-3)14-12-19/h4-7,9-14,17,21H,1,8,15-16H2,2-3H3/t17-,21-/m0/s1. The van der Waals surface area contributed by atoms with Crippen LogP contribution in [0, 0.1) is 0 Å². The van der Waals surface area contributed by atoms with Crippen LogP contribution in [0.1, 0.15) is 24.5 Å². The Morgan fingerprint density at radius 2 is 1.54 bits per heavy atom. The van der Waals surface area contributed by atoms with E-state index in [-0.39, 0.29) is 12.2 Å². The largest absolute Gasteiger partial charge is 0.497 e. The van der Waals surface area contributed by atoms with Gasteiger partial charge in [0, 0.05) is 0 Å². The van der Waals surface area contributed by atoms with Crippen molar-refractivity contribution in [2.45, 2.75) is 38.8 Å². The molecule has 0 unspecified atom stereocenters. The molecule has 24 heavy (non-hydrogen) atoms. The maximum atomic E-state index is 6.06. The van der Waals surface area contributed by atoms with Gasteiger partial charge in [-0.1, -0.05) is 48.5 Å². The monoisotopic (exact) mass is 326 g/mol. The Balaban J connectivity index is 1.86. The second-order valence-electron chi connectivity index (χ2n) is 5.72. The van der Waals surface area contributed by atoms with Crippen LogP contribution < -0.4 is 4.74 Å². The molecule has 0 aromatic heterocycles. The summed E-state index contributed by atoms with van der Waals surface area (Å²) in [5.74, 6) is 0.848. The second kappa shape index (κ2) is 9.91. The van der Waals surface area contributed by atoms with Crippen LogP contribution >= 0.6 is 0 Å². The molecule has 0 spiro atoms. The highest BCUT2D eigenvalue weighted by molar-refractivity contribution is 5.26. The van der Waals surface area contributed by atoms with E-state index in [1.165, 1.54) is 0 Å². The lowest BCUT2D eigenvalue weighted by Crippen LogP contribution is -2.28. The molecule has 2 aromatic rings. The van der Waals surface area contributed by atoms with Crippen LogP contribution in [-0.2, 0) is 22.7 Å². The van der Waals surface area contributed by atoms with Gasteiger partial charge >= 0.3 is 0 Å². The Bertz CT molecular complexity index is 592. The van der Waals surface area contributed by atoms with Crippen molar-refractivity contribution in [2.24, 2.45) is 0 Å². The predicted octanol–water partition coefficient (Wildman–Crippen LogP) is 4.76. The molecule has 3 nitrogen and oxygen atoms in total. The summed E-state index contributed by atoms with van der Waals surface area (Å²) >= 11 is 0. The molecule has 0 saturated carbocycles. The Labute approximate surface area is 144 Å². The van der Waals surface area contributed by atoms with Crippen LogP contribution in [0.3, 0.4) is 0 Å². The molecule has 0 aliphatic rings. The fourth-order valence-corrected chi connectivity index (χ4v) is 2.39. The summed E-state index contributed by atoms with van der Waals surface area (Å²) in [4.78, 5) is 0. The molecular weight excluding hydrogens is 300 g/mol. The van der Waals surface area contributed by atoms with Crippen molar-refractivity contribution in [1.82, 2.24) is 0 Å². The van der Waals surface area contributed by atoms with Crippen molar-refractivity contribution in [3.8, 4) is 5.75 Å². The van der Waals surface area contributed by atoms with Crippen LogP contribution in [0.15, 0.2) is 67.3 Å². The maximum absolute atomic E-state index is 6.06. The molecule has 0 saturated heterocycles. The lowest BCUT2D eigenvalue weighted by Gasteiger charge is -2.24. The molecule has 2 rings (SSSR count). The average Bonchev–Trinajstić information content (AvgIpc) is 2.64. The first-order valence-corrected chi connectivity index (χ1v) is 8.24. The third kappa shape index (κ3) is 5.84. The molecule has 0 radical (unpaired) electrons. The molecule has 2 atom stereocenters. The number of rotatable bonds is 10. The van der Waals surface area contributed by atoms with Gasteiger partial charge in [-0.3, -0.25) is 0 Å². The maximum Gasteiger partial charge on any atom is 0.118 e. The summed E-state index contributed by atoms with van der Waals surface area (Å²) in [7, 11) is 1.66. The molecule has 0 amide bonds. The SMILES string of the molecule is C=CC[C@H](OCc1ccc(OC)cc1)[C@H](C)OCc1ccccc1. The van der Waals surface area contributed by atoms with Gasteiger partial charge in [0.2, 0.25) is 0 Å². The first kappa shape index (κ1) is 18.2. The van der Waals surface area contributed by atoms with Gasteiger partial charge in [0.25, 0.3) is 0 Å². The van der Waals surface area contributed by atoms with Crippen molar-refractivity contribution in [3.05, 3.63) is 78.4 Å². The van der Waals surface area contributed by atoms with Gasteiger partial charge in [0.05, 0.1) is 32.5 Å². The third-order valence-corrected chi connectivity index (χ3v) is 3.90. The summed E-state index contributed by atoms with van der Waals surface area (Å²) in [5.41, 5.74) is 2.27. The number of benzene rings is 2. The van der Waals surface area contributed by atoms with Crippen molar-refractivity contribution in [1.29, 1.82) is 0 Å². The summed E-state index contributed by atoms with van der Waals surface area (Å²) < 4.78 is 17.2. The topological polar surface area (TPSA) is 27.7 Å². The summed E-state index contributed by atoms with van der Waals surface area (Å²) in [6, 6.07) is 18.1. The van der Waals surface area contributed by atoms with Gasteiger partial charge in [-0.05, 0) is 36.6 Å². The number of methoxy groups -OCH3 is 1. The molecule has 3 heteroatoms. The van der Waals surface area contributed by atoms with Crippen molar-refractivity contribution < 1.29 is 14.2 Å². The minimum atomic E-state index is -0.0201. The van der Waals surface area contributed by atoms with Crippen molar-refractivity contribution in [2.75, 3.05) is 7.11 Å². The van der Waals surface area contributed by atoms with Crippen LogP contribution in [0.25, 0.3) is 0 Å². The third-order valence-electron chi connectivity index (χ3n) is 3.90. The molecule has 128 valence electrons. The number of ether oxygens (including phenoxy) is 3. The predicted molar refractivity (Wildman–Crippen MR) is 97.1 cm³/mol. The van der Waals surface area contributed by atoms with E-state index in [1.54, 1.807) is 7.11 Å². The molecule has 0 N–H and O–H groups in total. The fourth-order valence-electron chi connectivity index (χ4n) is 2.39. The Morgan fingerprint density at radius 1 is 0.917 bits per heavy atom.